The number of carbonyl (C=O) groups is 1. The third-order valence-corrected chi connectivity index (χ3v) is 7.09. The summed E-state index contributed by atoms with van der Waals surface area (Å²) in [5.74, 6) is 0.0882. The molecule has 0 atom stereocenters. The molecule has 0 saturated carbocycles. The van der Waals surface area contributed by atoms with E-state index in [9.17, 15) is 4.79 Å². The van der Waals surface area contributed by atoms with Gasteiger partial charge >= 0.3 is 0 Å². The number of hydrogen-bond acceptors (Lipinski definition) is 3. The van der Waals surface area contributed by atoms with Crippen LogP contribution in [0.5, 0.6) is 0 Å². The van der Waals surface area contributed by atoms with Crippen LogP contribution in [0.15, 0.2) is 66.7 Å². The summed E-state index contributed by atoms with van der Waals surface area (Å²) in [5.41, 5.74) is 9.82. The summed E-state index contributed by atoms with van der Waals surface area (Å²) >= 11 is 0. The van der Waals surface area contributed by atoms with Crippen molar-refractivity contribution in [1.29, 1.82) is 0 Å². The number of amides is 1. The Hall–Kier alpha value is -3.66. The van der Waals surface area contributed by atoms with E-state index in [1.54, 1.807) is 0 Å². The predicted octanol–water partition coefficient (Wildman–Crippen LogP) is 6.10. The Morgan fingerprint density at radius 3 is 2.32 bits per heavy atom. The van der Waals surface area contributed by atoms with Crippen molar-refractivity contribution in [2.45, 2.75) is 27.7 Å². The molecular formula is C30H31N3O. The minimum Gasteiger partial charge on any atom is -0.368 e. The second-order valence-electron chi connectivity index (χ2n) is 9.39. The smallest absolute Gasteiger partial charge is 0.254 e. The maximum atomic E-state index is 13.8. The van der Waals surface area contributed by atoms with E-state index >= 15 is 0 Å². The van der Waals surface area contributed by atoms with Crippen LogP contribution in [0.2, 0.25) is 0 Å². The van der Waals surface area contributed by atoms with Gasteiger partial charge in [0, 0.05) is 42.8 Å². The van der Waals surface area contributed by atoms with Gasteiger partial charge in [0.1, 0.15) is 0 Å². The Labute approximate surface area is 201 Å². The summed E-state index contributed by atoms with van der Waals surface area (Å²) in [6.45, 7) is 11.6. The first-order valence-corrected chi connectivity index (χ1v) is 12.0. The molecule has 0 spiro atoms. The second-order valence-corrected chi connectivity index (χ2v) is 9.39. The Morgan fingerprint density at radius 1 is 0.794 bits per heavy atom. The molecule has 0 unspecified atom stereocenters. The molecule has 1 aliphatic heterocycles. The van der Waals surface area contributed by atoms with E-state index in [0.29, 0.717) is 13.1 Å². The number of benzene rings is 3. The number of nitrogens with zero attached hydrogens (tertiary/aromatic N) is 3. The number of aromatic nitrogens is 1. The lowest BCUT2D eigenvalue weighted by molar-refractivity contribution is 0.0748. The Kier molecular flexibility index (Phi) is 5.82. The fourth-order valence-electron chi connectivity index (χ4n) is 4.99. The van der Waals surface area contributed by atoms with Crippen molar-refractivity contribution < 1.29 is 4.79 Å². The van der Waals surface area contributed by atoms with Crippen LogP contribution in [0.3, 0.4) is 0 Å². The SMILES string of the molecule is Cc1ccc(-c2cc(C(=O)N3CCN(c4cccc(C)c4C)CC3)c3ccccc3n2)c(C)c1. The van der Waals surface area contributed by atoms with E-state index in [1.807, 2.05) is 35.2 Å². The van der Waals surface area contributed by atoms with Gasteiger partial charge in [-0.1, -0.05) is 54.1 Å². The maximum absolute atomic E-state index is 13.8. The third-order valence-electron chi connectivity index (χ3n) is 7.09. The zero-order valence-electron chi connectivity index (χ0n) is 20.4. The van der Waals surface area contributed by atoms with E-state index in [-0.39, 0.29) is 5.91 Å². The first-order valence-electron chi connectivity index (χ1n) is 12.0. The van der Waals surface area contributed by atoms with Crippen LogP contribution in [-0.2, 0) is 0 Å². The van der Waals surface area contributed by atoms with Crippen LogP contribution in [-0.4, -0.2) is 42.0 Å². The van der Waals surface area contributed by atoms with Gasteiger partial charge in [0.15, 0.2) is 0 Å². The molecule has 172 valence electrons. The number of piperazine rings is 1. The third kappa shape index (κ3) is 4.05. The summed E-state index contributed by atoms with van der Waals surface area (Å²) < 4.78 is 0. The highest BCUT2D eigenvalue weighted by molar-refractivity contribution is 6.07. The molecule has 34 heavy (non-hydrogen) atoms. The van der Waals surface area contributed by atoms with Crippen molar-refractivity contribution >= 4 is 22.5 Å². The summed E-state index contributed by atoms with van der Waals surface area (Å²) in [6, 6.07) is 22.8. The van der Waals surface area contributed by atoms with E-state index < -0.39 is 0 Å². The minimum atomic E-state index is 0.0882. The van der Waals surface area contributed by atoms with Gasteiger partial charge in [-0.25, -0.2) is 4.98 Å². The largest absolute Gasteiger partial charge is 0.368 e. The predicted molar refractivity (Wildman–Crippen MR) is 141 cm³/mol. The Balaban J connectivity index is 1.46. The van der Waals surface area contributed by atoms with Crippen molar-refractivity contribution in [3.05, 3.63) is 94.5 Å². The molecule has 4 heteroatoms. The molecule has 0 aliphatic carbocycles. The molecule has 4 nitrogen and oxygen atoms in total. The lowest BCUT2D eigenvalue weighted by Gasteiger charge is -2.37. The number of anilines is 1. The number of hydrogen-bond donors (Lipinski definition) is 0. The molecule has 0 radical (unpaired) electrons. The monoisotopic (exact) mass is 449 g/mol. The summed E-state index contributed by atoms with van der Waals surface area (Å²) in [5, 5.41) is 0.915. The number of pyridine rings is 1. The van der Waals surface area contributed by atoms with Gasteiger partial charge in [-0.2, -0.15) is 0 Å². The van der Waals surface area contributed by atoms with Crippen LogP contribution in [0.25, 0.3) is 22.2 Å². The van der Waals surface area contributed by atoms with Crippen LogP contribution in [0, 0.1) is 27.7 Å². The molecular weight excluding hydrogens is 418 g/mol. The molecule has 1 fully saturated rings. The highest BCUT2D eigenvalue weighted by Crippen LogP contribution is 2.29. The second kappa shape index (κ2) is 8.94. The van der Waals surface area contributed by atoms with Crippen LogP contribution in [0.4, 0.5) is 5.69 Å². The average Bonchev–Trinajstić information content (AvgIpc) is 2.85. The Bertz CT molecular complexity index is 1380. The van der Waals surface area contributed by atoms with E-state index in [0.717, 1.165) is 40.8 Å². The molecule has 4 aromatic rings. The van der Waals surface area contributed by atoms with Crippen molar-refractivity contribution in [1.82, 2.24) is 9.88 Å². The van der Waals surface area contributed by atoms with Crippen LogP contribution in [0.1, 0.15) is 32.6 Å². The van der Waals surface area contributed by atoms with E-state index in [4.69, 9.17) is 4.98 Å². The van der Waals surface area contributed by atoms with Gasteiger partial charge in [-0.05, 0) is 62.6 Å². The van der Waals surface area contributed by atoms with Crippen molar-refractivity contribution in [2.75, 3.05) is 31.1 Å². The molecule has 0 N–H and O–H groups in total. The molecule has 1 aromatic heterocycles. The molecule has 1 saturated heterocycles. The molecule has 2 heterocycles. The maximum Gasteiger partial charge on any atom is 0.254 e. The van der Waals surface area contributed by atoms with Gasteiger partial charge < -0.3 is 9.80 Å². The van der Waals surface area contributed by atoms with Gasteiger partial charge in [0.25, 0.3) is 5.91 Å². The highest BCUT2D eigenvalue weighted by atomic mass is 16.2. The van der Waals surface area contributed by atoms with Gasteiger partial charge in [0.05, 0.1) is 16.8 Å². The summed E-state index contributed by atoms with van der Waals surface area (Å²) in [6.07, 6.45) is 0. The highest BCUT2D eigenvalue weighted by Gasteiger charge is 2.25. The standard InChI is InChI=1S/C30H31N3O/c1-20-12-13-24(22(3)18-20)28-19-26(25-9-5-6-10-27(25)31-28)30(34)33-16-14-32(15-17-33)29-11-7-8-21(2)23(29)4/h5-13,18-19H,14-17H2,1-4H3. The lowest BCUT2D eigenvalue weighted by atomic mass is 9.99. The quantitative estimate of drug-likeness (QED) is 0.379. The number of para-hydroxylation sites is 1. The molecule has 1 amide bonds. The number of fused-ring (bicyclic) bond motifs is 1. The van der Waals surface area contributed by atoms with Gasteiger partial charge in [0.2, 0.25) is 0 Å². The fraction of sp³-hybridized carbons (Fsp3) is 0.267. The zero-order chi connectivity index (χ0) is 23.8. The van der Waals surface area contributed by atoms with Crippen molar-refractivity contribution in [3.63, 3.8) is 0 Å². The van der Waals surface area contributed by atoms with Crippen LogP contribution < -0.4 is 4.90 Å². The minimum absolute atomic E-state index is 0.0882. The molecule has 1 aliphatic rings. The fourth-order valence-corrected chi connectivity index (χ4v) is 4.99. The van der Waals surface area contributed by atoms with E-state index in [1.165, 1.54) is 27.9 Å². The summed E-state index contributed by atoms with van der Waals surface area (Å²) in [4.78, 5) is 23.1. The topological polar surface area (TPSA) is 36.4 Å². The van der Waals surface area contributed by atoms with Crippen molar-refractivity contribution in [2.24, 2.45) is 0 Å². The average molecular weight is 450 g/mol. The molecule has 5 rings (SSSR count). The molecule has 0 bridgehead atoms. The molecule has 3 aromatic carbocycles. The Morgan fingerprint density at radius 2 is 1.56 bits per heavy atom. The first kappa shape index (κ1) is 22.1. The normalized spacial score (nSPS) is 14.0. The lowest BCUT2D eigenvalue weighted by Crippen LogP contribution is -2.49. The first-order chi connectivity index (χ1) is 16.4. The van der Waals surface area contributed by atoms with Crippen LogP contribution >= 0.6 is 0 Å². The van der Waals surface area contributed by atoms with Gasteiger partial charge in [-0.15, -0.1) is 0 Å². The number of carbonyl (C=O) groups excluding carboxylic acids is 1. The van der Waals surface area contributed by atoms with Gasteiger partial charge in [-0.3, -0.25) is 4.79 Å². The number of aryl methyl sites for hydroxylation is 3. The zero-order valence-corrected chi connectivity index (χ0v) is 20.4. The van der Waals surface area contributed by atoms with E-state index in [2.05, 4.69) is 69.0 Å². The summed E-state index contributed by atoms with van der Waals surface area (Å²) in [7, 11) is 0. The number of rotatable bonds is 3. The van der Waals surface area contributed by atoms with Crippen molar-refractivity contribution in [3.8, 4) is 11.3 Å².